The van der Waals surface area contributed by atoms with Gasteiger partial charge in [-0.05, 0) is 24.0 Å². The van der Waals surface area contributed by atoms with Crippen molar-refractivity contribution in [2.75, 3.05) is 11.9 Å². The van der Waals surface area contributed by atoms with Crippen LogP contribution in [0.5, 0.6) is 0 Å². The molecule has 0 spiro atoms. The summed E-state index contributed by atoms with van der Waals surface area (Å²) in [5, 5.41) is 13.7. The van der Waals surface area contributed by atoms with Crippen LogP contribution >= 0.6 is 0 Å². The van der Waals surface area contributed by atoms with E-state index in [9.17, 15) is 10.1 Å². The van der Waals surface area contributed by atoms with Crippen molar-refractivity contribution in [1.82, 2.24) is 0 Å². The first-order valence-corrected chi connectivity index (χ1v) is 5.43. The molecule has 1 aromatic rings. The molecule has 0 bridgehead atoms. The van der Waals surface area contributed by atoms with Crippen molar-refractivity contribution in [1.29, 1.82) is 0 Å². The summed E-state index contributed by atoms with van der Waals surface area (Å²) >= 11 is 0. The third-order valence-electron chi connectivity index (χ3n) is 2.81. The average Bonchev–Trinajstić information content (AvgIpc) is 2.27. The number of non-ortho nitro benzene ring substituents is 1. The highest BCUT2D eigenvalue weighted by Crippen LogP contribution is 2.21. The number of benzene rings is 1. The Labute approximate surface area is 95.8 Å². The summed E-state index contributed by atoms with van der Waals surface area (Å²) in [5.74, 6) is 0. The van der Waals surface area contributed by atoms with Gasteiger partial charge in [-0.2, -0.15) is 0 Å². The lowest BCUT2D eigenvalue weighted by Gasteiger charge is -2.23. The molecule has 0 atom stereocenters. The Morgan fingerprint density at radius 2 is 1.88 bits per heavy atom. The molecule has 0 saturated carbocycles. The van der Waals surface area contributed by atoms with E-state index >= 15 is 0 Å². The fourth-order valence-electron chi connectivity index (χ4n) is 1.17. The third-order valence-corrected chi connectivity index (χ3v) is 2.81. The first-order valence-electron chi connectivity index (χ1n) is 5.43. The molecule has 1 aromatic carbocycles. The lowest BCUT2D eigenvalue weighted by molar-refractivity contribution is -0.384. The quantitative estimate of drug-likeness (QED) is 0.613. The standard InChI is InChI=1S/C12H18N2O2/c1-4-12(2,3)9-13-10-5-7-11(8-6-10)14(15)16/h5-8,13H,4,9H2,1-3H3. The smallest absolute Gasteiger partial charge is 0.269 e. The Hall–Kier alpha value is -1.58. The molecule has 0 amide bonds. The Bertz CT molecular complexity index is 358. The van der Waals surface area contributed by atoms with Gasteiger partial charge in [0.15, 0.2) is 0 Å². The van der Waals surface area contributed by atoms with Crippen LogP contribution in [-0.4, -0.2) is 11.5 Å². The van der Waals surface area contributed by atoms with Gasteiger partial charge >= 0.3 is 0 Å². The highest BCUT2D eigenvalue weighted by molar-refractivity contribution is 5.48. The Morgan fingerprint density at radius 3 is 2.31 bits per heavy atom. The second kappa shape index (κ2) is 4.96. The molecule has 0 heterocycles. The highest BCUT2D eigenvalue weighted by atomic mass is 16.6. The van der Waals surface area contributed by atoms with Crippen LogP contribution in [0.2, 0.25) is 0 Å². The first kappa shape index (κ1) is 12.5. The van der Waals surface area contributed by atoms with Gasteiger partial charge in [-0.15, -0.1) is 0 Å². The minimum atomic E-state index is -0.389. The maximum atomic E-state index is 10.5. The van der Waals surface area contributed by atoms with E-state index in [2.05, 4.69) is 26.1 Å². The third kappa shape index (κ3) is 3.53. The fraction of sp³-hybridized carbons (Fsp3) is 0.500. The lowest BCUT2D eigenvalue weighted by atomic mass is 9.90. The van der Waals surface area contributed by atoms with Crippen molar-refractivity contribution in [3.63, 3.8) is 0 Å². The van der Waals surface area contributed by atoms with Gasteiger partial charge in [-0.1, -0.05) is 20.8 Å². The van der Waals surface area contributed by atoms with Crippen LogP contribution in [0.15, 0.2) is 24.3 Å². The molecule has 0 aliphatic rings. The van der Waals surface area contributed by atoms with Crippen molar-refractivity contribution in [2.24, 2.45) is 5.41 Å². The van der Waals surface area contributed by atoms with Gasteiger partial charge in [0.2, 0.25) is 0 Å². The summed E-state index contributed by atoms with van der Waals surface area (Å²) in [7, 11) is 0. The van der Waals surface area contributed by atoms with Gasteiger partial charge in [-0.3, -0.25) is 10.1 Å². The molecule has 0 saturated heterocycles. The molecule has 88 valence electrons. The normalized spacial score (nSPS) is 11.2. The molecule has 16 heavy (non-hydrogen) atoms. The van der Waals surface area contributed by atoms with Gasteiger partial charge in [0.1, 0.15) is 0 Å². The van der Waals surface area contributed by atoms with E-state index in [1.807, 2.05) is 0 Å². The summed E-state index contributed by atoms with van der Waals surface area (Å²) in [6.45, 7) is 7.38. The van der Waals surface area contributed by atoms with Gasteiger partial charge in [-0.25, -0.2) is 0 Å². The van der Waals surface area contributed by atoms with Gasteiger partial charge in [0, 0.05) is 24.4 Å². The van der Waals surface area contributed by atoms with E-state index in [0.29, 0.717) is 0 Å². The fourth-order valence-corrected chi connectivity index (χ4v) is 1.17. The van der Waals surface area contributed by atoms with Crippen LogP contribution < -0.4 is 5.32 Å². The second-order valence-corrected chi connectivity index (χ2v) is 4.68. The summed E-state index contributed by atoms with van der Waals surface area (Å²) < 4.78 is 0. The Morgan fingerprint density at radius 1 is 1.31 bits per heavy atom. The van der Waals surface area contributed by atoms with Gasteiger partial charge < -0.3 is 5.32 Å². The second-order valence-electron chi connectivity index (χ2n) is 4.68. The van der Waals surface area contributed by atoms with E-state index in [1.165, 1.54) is 12.1 Å². The van der Waals surface area contributed by atoms with Gasteiger partial charge in [0.25, 0.3) is 5.69 Å². The molecule has 4 nitrogen and oxygen atoms in total. The minimum absolute atomic E-state index is 0.125. The average molecular weight is 222 g/mol. The first-order chi connectivity index (χ1) is 7.44. The summed E-state index contributed by atoms with van der Waals surface area (Å²) in [6.07, 6.45) is 1.09. The molecule has 4 heteroatoms. The number of rotatable bonds is 5. The van der Waals surface area contributed by atoms with Crippen LogP contribution in [-0.2, 0) is 0 Å². The number of nitrogens with one attached hydrogen (secondary N) is 1. The summed E-state index contributed by atoms with van der Waals surface area (Å²) in [5.41, 5.74) is 1.29. The molecule has 0 aliphatic carbocycles. The zero-order chi connectivity index (χ0) is 12.2. The zero-order valence-electron chi connectivity index (χ0n) is 9.99. The van der Waals surface area contributed by atoms with Crippen molar-refractivity contribution in [2.45, 2.75) is 27.2 Å². The molecular formula is C12H18N2O2. The molecule has 0 fully saturated rings. The minimum Gasteiger partial charge on any atom is -0.385 e. The summed E-state index contributed by atoms with van der Waals surface area (Å²) in [4.78, 5) is 10.1. The largest absolute Gasteiger partial charge is 0.385 e. The van der Waals surface area contributed by atoms with Crippen LogP contribution in [0.25, 0.3) is 0 Å². The van der Waals surface area contributed by atoms with Crippen molar-refractivity contribution >= 4 is 11.4 Å². The number of nitro benzene ring substituents is 1. The Kier molecular flexibility index (Phi) is 3.88. The molecule has 1 N–H and O–H groups in total. The number of anilines is 1. The monoisotopic (exact) mass is 222 g/mol. The summed E-state index contributed by atoms with van der Waals surface area (Å²) in [6, 6.07) is 6.51. The zero-order valence-corrected chi connectivity index (χ0v) is 9.99. The van der Waals surface area contributed by atoms with Gasteiger partial charge in [0.05, 0.1) is 4.92 Å². The molecule has 0 aliphatic heterocycles. The van der Waals surface area contributed by atoms with Crippen molar-refractivity contribution in [3.05, 3.63) is 34.4 Å². The maximum absolute atomic E-state index is 10.5. The molecular weight excluding hydrogens is 204 g/mol. The number of nitro groups is 1. The van der Waals surface area contributed by atoms with Crippen molar-refractivity contribution in [3.8, 4) is 0 Å². The van der Waals surface area contributed by atoms with Crippen LogP contribution in [0.1, 0.15) is 27.2 Å². The SMILES string of the molecule is CCC(C)(C)CNc1ccc([N+](=O)[O-])cc1. The predicted octanol–water partition coefficient (Wildman–Crippen LogP) is 3.44. The Balaban J connectivity index is 2.59. The van der Waals surface area contributed by atoms with E-state index in [-0.39, 0.29) is 16.0 Å². The topological polar surface area (TPSA) is 55.2 Å². The van der Waals surface area contributed by atoms with E-state index in [4.69, 9.17) is 0 Å². The van der Waals surface area contributed by atoms with Crippen LogP contribution in [0, 0.1) is 15.5 Å². The highest BCUT2D eigenvalue weighted by Gasteiger charge is 2.14. The molecule has 1 rings (SSSR count). The number of hydrogen-bond acceptors (Lipinski definition) is 3. The van der Waals surface area contributed by atoms with Crippen molar-refractivity contribution < 1.29 is 4.92 Å². The molecule has 0 radical (unpaired) electrons. The predicted molar refractivity (Wildman–Crippen MR) is 65.7 cm³/mol. The molecule has 0 unspecified atom stereocenters. The molecule has 0 aromatic heterocycles. The van der Waals surface area contributed by atoms with E-state index in [1.54, 1.807) is 12.1 Å². The number of hydrogen-bond donors (Lipinski definition) is 1. The van der Waals surface area contributed by atoms with Crippen LogP contribution in [0.3, 0.4) is 0 Å². The maximum Gasteiger partial charge on any atom is 0.269 e. The lowest BCUT2D eigenvalue weighted by Crippen LogP contribution is -2.21. The number of nitrogens with zero attached hydrogens (tertiary/aromatic N) is 1. The van der Waals surface area contributed by atoms with E-state index in [0.717, 1.165) is 18.7 Å². The van der Waals surface area contributed by atoms with E-state index < -0.39 is 0 Å². The van der Waals surface area contributed by atoms with Crippen LogP contribution in [0.4, 0.5) is 11.4 Å².